The summed E-state index contributed by atoms with van der Waals surface area (Å²) in [6.07, 6.45) is 1.94. The molecule has 1 aliphatic heterocycles. The number of β-amino-alcohol motifs (C(OH)–C–C–N with tert-alkyl or cyclic N) is 1. The summed E-state index contributed by atoms with van der Waals surface area (Å²) in [5, 5.41) is 10.4. The fourth-order valence-electron chi connectivity index (χ4n) is 2.78. The molecular formula is C16H25NO4. The van der Waals surface area contributed by atoms with Gasteiger partial charge < -0.3 is 19.3 Å². The Morgan fingerprint density at radius 3 is 2.67 bits per heavy atom. The van der Waals surface area contributed by atoms with Crippen molar-refractivity contribution < 1.29 is 19.3 Å². The summed E-state index contributed by atoms with van der Waals surface area (Å²) in [5.41, 5.74) is 0.840. The molecule has 0 amide bonds. The molecule has 1 saturated heterocycles. The largest absolute Gasteiger partial charge is 0.493 e. The standard InChI is InChI=1S/C16H25NO4/c1-19-13-5-4-8-17(10-13)11-14(18)12-6-7-15(20-2)16(9-12)21-3/h6-7,9,13-14,18H,4-5,8,10-11H2,1-3H3. The Morgan fingerprint density at radius 1 is 1.24 bits per heavy atom. The maximum atomic E-state index is 10.4. The van der Waals surface area contributed by atoms with Gasteiger partial charge in [0.1, 0.15) is 0 Å². The smallest absolute Gasteiger partial charge is 0.161 e. The quantitative estimate of drug-likeness (QED) is 0.868. The fraction of sp³-hybridized carbons (Fsp3) is 0.625. The van der Waals surface area contributed by atoms with E-state index >= 15 is 0 Å². The van der Waals surface area contributed by atoms with Crippen LogP contribution >= 0.6 is 0 Å². The molecule has 1 N–H and O–H groups in total. The maximum absolute atomic E-state index is 10.4. The Bertz CT molecular complexity index is 452. The van der Waals surface area contributed by atoms with Gasteiger partial charge in [0.15, 0.2) is 11.5 Å². The highest BCUT2D eigenvalue weighted by Crippen LogP contribution is 2.30. The fourth-order valence-corrected chi connectivity index (χ4v) is 2.78. The van der Waals surface area contributed by atoms with Crippen molar-refractivity contribution in [3.05, 3.63) is 23.8 Å². The highest BCUT2D eigenvalue weighted by Gasteiger charge is 2.22. The van der Waals surface area contributed by atoms with Gasteiger partial charge in [-0.1, -0.05) is 6.07 Å². The molecule has 21 heavy (non-hydrogen) atoms. The van der Waals surface area contributed by atoms with Gasteiger partial charge in [-0.25, -0.2) is 0 Å². The van der Waals surface area contributed by atoms with Gasteiger partial charge in [-0.2, -0.15) is 0 Å². The average molecular weight is 295 g/mol. The topological polar surface area (TPSA) is 51.2 Å². The molecule has 1 aromatic rings. The van der Waals surface area contributed by atoms with Crippen LogP contribution in [0, 0.1) is 0 Å². The molecule has 0 aromatic heterocycles. The van der Waals surface area contributed by atoms with Gasteiger partial charge in [-0.05, 0) is 37.1 Å². The maximum Gasteiger partial charge on any atom is 0.161 e. The van der Waals surface area contributed by atoms with Crippen LogP contribution < -0.4 is 9.47 Å². The Kier molecular flexibility index (Phi) is 5.85. The zero-order chi connectivity index (χ0) is 15.2. The molecule has 118 valence electrons. The lowest BCUT2D eigenvalue weighted by atomic mass is 10.0. The average Bonchev–Trinajstić information content (AvgIpc) is 2.54. The van der Waals surface area contributed by atoms with E-state index in [-0.39, 0.29) is 6.10 Å². The number of hydrogen-bond donors (Lipinski definition) is 1. The molecule has 1 aliphatic rings. The highest BCUT2D eigenvalue weighted by atomic mass is 16.5. The summed E-state index contributed by atoms with van der Waals surface area (Å²) < 4.78 is 15.9. The zero-order valence-electron chi connectivity index (χ0n) is 13.0. The monoisotopic (exact) mass is 295 g/mol. The molecule has 5 heteroatoms. The molecule has 0 radical (unpaired) electrons. The van der Waals surface area contributed by atoms with Gasteiger partial charge in [0, 0.05) is 20.2 Å². The van der Waals surface area contributed by atoms with Gasteiger partial charge in [0.05, 0.1) is 26.4 Å². The Balaban J connectivity index is 2.01. The van der Waals surface area contributed by atoms with E-state index in [1.165, 1.54) is 0 Å². The summed E-state index contributed by atoms with van der Waals surface area (Å²) in [6, 6.07) is 5.54. The second-order valence-corrected chi connectivity index (χ2v) is 5.39. The summed E-state index contributed by atoms with van der Waals surface area (Å²) >= 11 is 0. The van der Waals surface area contributed by atoms with Gasteiger partial charge in [-0.15, -0.1) is 0 Å². The predicted molar refractivity (Wildman–Crippen MR) is 81.0 cm³/mol. The third-order valence-electron chi connectivity index (χ3n) is 4.02. The number of methoxy groups -OCH3 is 3. The number of piperidine rings is 1. The van der Waals surface area contributed by atoms with Crippen LogP contribution in [-0.2, 0) is 4.74 Å². The van der Waals surface area contributed by atoms with Crippen molar-refractivity contribution in [2.24, 2.45) is 0 Å². The normalized spacial score (nSPS) is 21.0. The second kappa shape index (κ2) is 7.64. The van der Waals surface area contributed by atoms with Crippen LogP contribution in [0.15, 0.2) is 18.2 Å². The Hall–Kier alpha value is -1.30. The van der Waals surface area contributed by atoms with Crippen LogP contribution in [-0.4, -0.2) is 57.1 Å². The minimum absolute atomic E-state index is 0.274. The van der Waals surface area contributed by atoms with Gasteiger partial charge >= 0.3 is 0 Å². The van der Waals surface area contributed by atoms with Crippen LogP contribution in [0.5, 0.6) is 11.5 Å². The molecule has 2 atom stereocenters. The molecular weight excluding hydrogens is 270 g/mol. The van der Waals surface area contributed by atoms with Crippen molar-refractivity contribution in [3.8, 4) is 11.5 Å². The minimum atomic E-state index is -0.541. The van der Waals surface area contributed by atoms with Gasteiger partial charge in [-0.3, -0.25) is 4.90 Å². The van der Waals surface area contributed by atoms with E-state index in [4.69, 9.17) is 14.2 Å². The van der Waals surface area contributed by atoms with Gasteiger partial charge in [0.25, 0.3) is 0 Å². The van der Waals surface area contributed by atoms with Crippen LogP contribution in [0.3, 0.4) is 0 Å². The first-order valence-corrected chi connectivity index (χ1v) is 7.33. The molecule has 0 aliphatic carbocycles. The minimum Gasteiger partial charge on any atom is -0.493 e. The van der Waals surface area contributed by atoms with Crippen LogP contribution in [0.1, 0.15) is 24.5 Å². The number of benzene rings is 1. The summed E-state index contributed by atoms with van der Waals surface area (Å²) in [6.45, 7) is 2.49. The molecule has 0 bridgehead atoms. The number of likely N-dealkylation sites (tertiary alicyclic amines) is 1. The molecule has 2 rings (SSSR count). The Labute approximate surface area is 126 Å². The summed E-state index contributed by atoms with van der Waals surface area (Å²) in [4.78, 5) is 2.25. The van der Waals surface area contributed by atoms with Crippen molar-refractivity contribution in [3.63, 3.8) is 0 Å². The van der Waals surface area contributed by atoms with E-state index in [1.54, 1.807) is 21.3 Å². The number of aliphatic hydroxyl groups excluding tert-OH is 1. The molecule has 0 saturated carbocycles. The predicted octanol–water partition coefficient (Wildman–Crippen LogP) is 1.85. The number of nitrogens with zero attached hydrogens (tertiary/aromatic N) is 1. The first-order chi connectivity index (χ1) is 10.2. The highest BCUT2D eigenvalue weighted by molar-refractivity contribution is 5.43. The van der Waals surface area contributed by atoms with Crippen molar-refractivity contribution in [1.82, 2.24) is 4.90 Å². The summed E-state index contributed by atoms with van der Waals surface area (Å²) in [7, 11) is 4.95. The molecule has 1 heterocycles. The van der Waals surface area contributed by atoms with Crippen LogP contribution in [0.25, 0.3) is 0 Å². The van der Waals surface area contributed by atoms with Crippen molar-refractivity contribution in [2.45, 2.75) is 25.0 Å². The first kappa shape index (κ1) is 16.1. The van der Waals surface area contributed by atoms with Crippen molar-refractivity contribution in [1.29, 1.82) is 0 Å². The number of rotatable bonds is 6. The first-order valence-electron chi connectivity index (χ1n) is 7.33. The molecule has 5 nitrogen and oxygen atoms in total. The van der Waals surface area contributed by atoms with E-state index in [2.05, 4.69) is 4.90 Å². The van der Waals surface area contributed by atoms with E-state index in [9.17, 15) is 5.11 Å². The lowest BCUT2D eigenvalue weighted by Gasteiger charge is -2.33. The van der Waals surface area contributed by atoms with Crippen LogP contribution in [0.4, 0.5) is 0 Å². The number of ether oxygens (including phenoxy) is 3. The SMILES string of the molecule is COc1ccc(C(O)CN2CCCC(OC)C2)cc1OC. The van der Waals surface area contributed by atoms with Crippen LogP contribution in [0.2, 0.25) is 0 Å². The van der Waals surface area contributed by atoms with E-state index in [1.807, 2.05) is 18.2 Å². The Morgan fingerprint density at radius 2 is 2.00 bits per heavy atom. The van der Waals surface area contributed by atoms with Crippen molar-refractivity contribution >= 4 is 0 Å². The lowest BCUT2D eigenvalue weighted by molar-refractivity contribution is 0.0127. The van der Waals surface area contributed by atoms with Gasteiger partial charge in [0.2, 0.25) is 0 Å². The number of hydrogen-bond acceptors (Lipinski definition) is 5. The summed E-state index contributed by atoms with van der Waals surface area (Å²) in [5.74, 6) is 1.31. The van der Waals surface area contributed by atoms with Crippen molar-refractivity contribution in [2.75, 3.05) is 41.0 Å². The molecule has 2 unspecified atom stereocenters. The molecule has 0 spiro atoms. The molecule has 1 fully saturated rings. The second-order valence-electron chi connectivity index (χ2n) is 5.39. The molecule has 1 aromatic carbocycles. The van der Waals surface area contributed by atoms with E-state index in [0.29, 0.717) is 18.0 Å². The third-order valence-corrected chi connectivity index (χ3v) is 4.02. The lowest BCUT2D eigenvalue weighted by Crippen LogP contribution is -2.41. The van der Waals surface area contributed by atoms with E-state index < -0.39 is 6.10 Å². The van der Waals surface area contributed by atoms with E-state index in [0.717, 1.165) is 31.5 Å². The zero-order valence-corrected chi connectivity index (χ0v) is 13.0. The number of aliphatic hydroxyl groups is 1. The third kappa shape index (κ3) is 4.09.